The van der Waals surface area contributed by atoms with Gasteiger partial charge in [0, 0.05) is 44.7 Å². The molecule has 0 atom stereocenters. The molecule has 0 bridgehead atoms. The highest BCUT2D eigenvalue weighted by atomic mass is 16.6. The van der Waals surface area contributed by atoms with Crippen LogP contribution in [0.25, 0.3) is 5.57 Å². The average molecular weight is 424 g/mol. The van der Waals surface area contributed by atoms with E-state index in [1.165, 1.54) is 36.3 Å². The van der Waals surface area contributed by atoms with Crippen molar-refractivity contribution < 1.29 is 19.2 Å². The van der Waals surface area contributed by atoms with Crippen LogP contribution in [-0.4, -0.2) is 64.9 Å². The number of amides is 2. The maximum absolute atomic E-state index is 13.2. The average Bonchev–Trinajstić information content (AvgIpc) is 3.03. The van der Waals surface area contributed by atoms with Crippen molar-refractivity contribution >= 4 is 23.1 Å². The van der Waals surface area contributed by atoms with Crippen LogP contribution in [0.3, 0.4) is 0 Å². The molecule has 0 unspecified atom stereocenters. The minimum absolute atomic E-state index is 0.0797. The highest BCUT2D eigenvalue weighted by Gasteiger charge is 2.41. The summed E-state index contributed by atoms with van der Waals surface area (Å²) >= 11 is 0. The molecule has 31 heavy (non-hydrogen) atoms. The van der Waals surface area contributed by atoms with E-state index in [0.717, 1.165) is 5.56 Å². The molecule has 2 amide bonds. The Kier molecular flexibility index (Phi) is 7.09. The van der Waals surface area contributed by atoms with Crippen LogP contribution in [0.4, 0.5) is 5.69 Å². The number of nitro benzene ring substituents is 1. The number of ether oxygens (including phenoxy) is 1. The number of non-ortho nitro benzene ring substituents is 1. The normalized spacial score (nSPS) is 13.8. The van der Waals surface area contributed by atoms with Crippen LogP contribution in [0.15, 0.2) is 54.5 Å². The number of hydrogen-bond acceptors (Lipinski definition) is 7. The van der Waals surface area contributed by atoms with Gasteiger partial charge in [0.1, 0.15) is 5.70 Å². The lowest BCUT2D eigenvalue weighted by atomic mass is 10.0. The first-order chi connectivity index (χ1) is 15.0. The van der Waals surface area contributed by atoms with Crippen LogP contribution in [0.2, 0.25) is 0 Å². The fourth-order valence-electron chi connectivity index (χ4n) is 3.49. The van der Waals surface area contributed by atoms with E-state index >= 15 is 0 Å². The fourth-order valence-corrected chi connectivity index (χ4v) is 3.49. The molecule has 1 aromatic carbocycles. The zero-order valence-corrected chi connectivity index (χ0v) is 17.5. The third-order valence-electron chi connectivity index (χ3n) is 5.15. The van der Waals surface area contributed by atoms with Gasteiger partial charge in [-0.2, -0.15) is 0 Å². The van der Waals surface area contributed by atoms with Crippen LogP contribution in [0.5, 0.6) is 0 Å². The summed E-state index contributed by atoms with van der Waals surface area (Å²) in [5.74, 6) is -0.805. The molecule has 3 rings (SSSR count). The van der Waals surface area contributed by atoms with Gasteiger partial charge in [-0.25, -0.2) is 0 Å². The van der Waals surface area contributed by atoms with Crippen LogP contribution in [0.1, 0.15) is 18.1 Å². The summed E-state index contributed by atoms with van der Waals surface area (Å²) in [6, 6.07) is 9.51. The van der Waals surface area contributed by atoms with Crippen LogP contribution < -0.4 is 0 Å². The molecule has 2 aromatic rings. The second-order valence-electron chi connectivity index (χ2n) is 6.97. The second kappa shape index (κ2) is 9.94. The molecule has 9 nitrogen and oxygen atoms in total. The van der Waals surface area contributed by atoms with Crippen LogP contribution in [0, 0.1) is 10.1 Å². The van der Waals surface area contributed by atoms with Crippen molar-refractivity contribution in [3.8, 4) is 0 Å². The van der Waals surface area contributed by atoms with Gasteiger partial charge < -0.3 is 9.64 Å². The maximum atomic E-state index is 13.2. The number of benzene rings is 1. The van der Waals surface area contributed by atoms with Gasteiger partial charge in [-0.1, -0.05) is 0 Å². The molecule has 162 valence electrons. The van der Waals surface area contributed by atoms with Gasteiger partial charge in [-0.15, -0.1) is 0 Å². The van der Waals surface area contributed by atoms with E-state index in [1.807, 2.05) is 24.0 Å². The standard InChI is InChI=1S/C22H24N4O5/c1-3-24(13-10-16-8-11-23-12-9-16)20-19(17-4-6-18(7-5-17)26(29)30)21(27)25(22(20)28)14-15-31-2/h4-9,11-12H,3,10,13-15H2,1-2H3. The molecule has 0 spiro atoms. The number of imide groups is 1. The summed E-state index contributed by atoms with van der Waals surface area (Å²) in [5.41, 5.74) is 2.03. The number of aromatic nitrogens is 1. The van der Waals surface area contributed by atoms with Crippen molar-refractivity contribution in [2.45, 2.75) is 13.3 Å². The number of rotatable bonds is 10. The summed E-state index contributed by atoms with van der Waals surface area (Å²) in [6.07, 6.45) is 4.10. The van der Waals surface area contributed by atoms with Crippen molar-refractivity contribution in [2.75, 3.05) is 33.4 Å². The Hall–Kier alpha value is -3.59. The summed E-state index contributed by atoms with van der Waals surface area (Å²) in [5, 5.41) is 11.0. The Bertz CT molecular complexity index is 989. The van der Waals surface area contributed by atoms with E-state index in [-0.39, 0.29) is 30.3 Å². The summed E-state index contributed by atoms with van der Waals surface area (Å²) in [7, 11) is 1.50. The number of likely N-dealkylation sites (N-methyl/N-ethyl adjacent to an activating group) is 1. The molecule has 0 fully saturated rings. The highest BCUT2D eigenvalue weighted by Crippen LogP contribution is 2.32. The summed E-state index contributed by atoms with van der Waals surface area (Å²) in [4.78, 5) is 44.0. The highest BCUT2D eigenvalue weighted by molar-refractivity contribution is 6.35. The Morgan fingerprint density at radius 2 is 1.77 bits per heavy atom. The molecule has 2 heterocycles. The Labute approximate surface area is 180 Å². The molecule has 9 heteroatoms. The molecule has 0 N–H and O–H groups in total. The number of carbonyl (C=O) groups is 2. The lowest BCUT2D eigenvalue weighted by Gasteiger charge is -2.24. The van der Waals surface area contributed by atoms with Crippen molar-refractivity contribution in [3.05, 3.63) is 75.7 Å². The summed E-state index contributed by atoms with van der Waals surface area (Å²) in [6.45, 7) is 3.33. The largest absolute Gasteiger partial charge is 0.383 e. The first kappa shape index (κ1) is 22.1. The molecule has 0 radical (unpaired) electrons. The van der Waals surface area contributed by atoms with Gasteiger partial charge >= 0.3 is 0 Å². The van der Waals surface area contributed by atoms with Crippen molar-refractivity contribution in [3.63, 3.8) is 0 Å². The topological polar surface area (TPSA) is 106 Å². The molecule has 0 saturated carbocycles. The molecule has 1 aliphatic rings. The maximum Gasteiger partial charge on any atom is 0.277 e. The third-order valence-corrected chi connectivity index (χ3v) is 5.15. The monoisotopic (exact) mass is 424 g/mol. The lowest BCUT2D eigenvalue weighted by molar-refractivity contribution is -0.384. The molecular weight excluding hydrogens is 400 g/mol. The van der Waals surface area contributed by atoms with E-state index in [9.17, 15) is 19.7 Å². The predicted molar refractivity (Wildman–Crippen MR) is 114 cm³/mol. The molecular formula is C22H24N4O5. The lowest BCUT2D eigenvalue weighted by Crippen LogP contribution is -2.37. The van der Waals surface area contributed by atoms with Crippen molar-refractivity contribution in [1.29, 1.82) is 0 Å². The smallest absolute Gasteiger partial charge is 0.277 e. The van der Waals surface area contributed by atoms with E-state index in [1.54, 1.807) is 12.4 Å². The molecule has 0 saturated heterocycles. The van der Waals surface area contributed by atoms with E-state index in [0.29, 0.717) is 30.8 Å². The molecule has 0 aliphatic carbocycles. The number of pyridine rings is 1. The van der Waals surface area contributed by atoms with Crippen molar-refractivity contribution in [2.24, 2.45) is 0 Å². The summed E-state index contributed by atoms with van der Waals surface area (Å²) < 4.78 is 5.05. The van der Waals surface area contributed by atoms with Gasteiger partial charge in [0.2, 0.25) is 0 Å². The minimum atomic E-state index is -0.501. The van der Waals surface area contributed by atoms with Crippen LogP contribution >= 0.6 is 0 Å². The number of nitrogens with zero attached hydrogens (tertiary/aromatic N) is 4. The predicted octanol–water partition coefficient (Wildman–Crippen LogP) is 2.28. The Morgan fingerprint density at radius 1 is 1.10 bits per heavy atom. The molecule has 1 aliphatic heterocycles. The van der Waals surface area contributed by atoms with Gasteiger partial charge in [-0.05, 0) is 48.7 Å². The first-order valence-electron chi connectivity index (χ1n) is 9.96. The third kappa shape index (κ3) is 4.77. The van der Waals surface area contributed by atoms with E-state index in [4.69, 9.17) is 4.74 Å². The van der Waals surface area contributed by atoms with Crippen LogP contribution in [-0.2, 0) is 20.7 Å². The minimum Gasteiger partial charge on any atom is -0.383 e. The van der Waals surface area contributed by atoms with E-state index < -0.39 is 10.8 Å². The number of hydrogen-bond donors (Lipinski definition) is 0. The van der Waals surface area contributed by atoms with Gasteiger partial charge in [-0.3, -0.25) is 29.6 Å². The van der Waals surface area contributed by atoms with Gasteiger partial charge in [0.25, 0.3) is 17.5 Å². The van der Waals surface area contributed by atoms with Gasteiger partial charge in [0.05, 0.1) is 23.6 Å². The Morgan fingerprint density at radius 3 is 2.35 bits per heavy atom. The van der Waals surface area contributed by atoms with E-state index in [2.05, 4.69) is 4.98 Å². The van der Waals surface area contributed by atoms with Crippen molar-refractivity contribution in [1.82, 2.24) is 14.8 Å². The fraction of sp³-hybridized carbons (Fsp3) is 0.318. The second-order valence-corrected chi connectivity index (χ2v) is 6.97. The quantitative estimate of drug-likeness (QED) is 0.327. The first-order valence-corrected chi connectivity index (χ1v) is 9.96. The number of carbonyl (C=O) groups excluding carboxylic acids is 2. The number of methoxy groups -OCH3 is 1. The zero-order chi connectivity index (χ0) is 22.4. The molecule has 1 aromatic heterocycles. The number of nitro groups is 1. The Balaban J connectivity index is 1.98. The SMILES string of the molecule is CCN(CCc1ccncc1)C1=C(c2ccc([N+](=O)[O-])cc2)C(=O)N(CCOC)C1=O. The zero-order valence-electron chi connectivity index (χ0n) is 17.5. The van der Waals surface area contributed by atoms with Gasteiger partial charge in [0.15, 0.2) is 0 Å².